The molecule has 0 aliphatic heterocycles. The molecular formula is C19H25NO2. The summed E-state index contributed by atoms with van der Waals surface area (Å²) in [6.07, 6.45) is 6.65. The molecule has 3 nitrogen and oxygen atoms in total. The van der Waals surface area contributed by atoms with E-state index in [0.717, 1.165) is 24.2 Å². The highest BCUT2D eigenvalue weighted by Gasteiger charge is 2.40. The van der Waals surface area contributed by atoms with Crippen molar-refractivity contribution in [1.29, 1.82) is 0 Å². The summed E-state index contributed by atoms with van der Waals surface area (Å²) in [5.41, 5.74) is 2.25. The van der Waals surface area contributed by atoms with E-state index in [0.29, 0.717) is 18.4 Å². The Morgan fingerprint density at radius 3 is 2.82 bits per heavy atom. The zero-order chi connectivity index (χ0) is 15.7. The van der Waals surface area contributed by atoms with E-state index < -0.39 is 0 Å². The van der Waals surface area contributed by atoms with Gasteiger partial charge in [0.25, 0.3) is 0 Å². The monoisotopic (exact) mass is 299 g/mol. The maximum Gasteiger partial charge on any atom is 0.224 e. The Morgan fingerprint density at radius 2 is 2.18 bits per heavy atom. The molecule has 1 saturated carbocycles. The van der Waals surface area contributed by atoms with Gasteiger partial charge in [0, 0.05) is 11.5 Å². The van der Waals surface area contributed by atoms with Crippen molar-refractivity contribution in [2.45, 2.75) is 39.7 Å². The number of rotatable bonds is 5. The number of carbonyl (C=O) groups is 1. The number of amides is 1. The van der Waals surface area contributed by atoms with Crippen LogP contribution in [0.4, 0.5) is 0 Å². The predicted molar refractivity (Wildman–Crippen MR) is 87.7 cm³/mol. The molecule has 1 fully saturated rings. The molecule has 1 aromatic carbocycles. The van der Waals surface area contributed by atoms with Gasteiger partial charge in [0.1, 0.15) is 5.75 Å². The minimum atomic E-state index is -0.0305. The van der Waals surface area contributed by atoms with Gasteiger partial charge in [-0.3, -0.25) is 4.79 Å². The molecule has 3 heteroatoms. The second-order valence-electron chi connectivity index (χ2n) is 6.59. The Kier molecular flexibility index (Phi) is 4.23. The van der Waals surface area contributed by atoms with Gasteiger partial charge in [-0.15, -0.1) is 0 Å². The molecule has 0 saturated heterocycles. The number of hydrogen-bond acceptors (Lipinski definition) is 2. The fraction of sp³-hybridized carbons (Fsp3) is 0.526. The highest BCUT2D eigenvalue weighted by molar-refractivity contribution is 5.80. The van der Waals surface area contributed by atoms with Gasteiger partial charge in [-0.05, 0) is 51.5 Å². The molecule has 1 N–H and O–H groups in total. The molecule has 2 bridgehead atoms. The van der Waals surface area contributed by atoms with Crippen molar-refractivity contribution >= 4 is 5.91 Å². The summed E-state index contributed by atoms with van der Waals surface area (Å²) in [5, 5.41) is 3.20. The summed E-state index contributed by atoms with van der Waals surface area (Å²) in [5.74, 6) is 2.27. The van der Waals surface area contributed by atoms with Crippen LogP contribution in [0.2, 0.25) is 0 Å². The quantitative estimate of drug-likeness (QED) is 0.840. The highest BCUT2D eigenvalue weighted by atomic mass is 16.5. The summed E-state index contributed by atoms with van der Waals surface area (Å²) in [4.78, 5) is 12.6. The van der Waals surface area contributed by atoms with E-state index in [-0.39, 0.29) is 17.9 Å². The molecule has 0 aromatic heterocycles. The number of nitrogens with one attached hydrogen (secondary N) is 1. The molecule has 1 amide bonds. The SMILES string of the molecule is CCOc1ccc(C)cc1C(C)NC(=O)C1CC2C=CC1C2. The lowest BCUT2D eigenvalue weighted by Gasteiger charge is -2.23. The maximum absolute atomic E-state index is 12.6. The largest absolute Gasteiger partial charge is 0.494 e. The van der Waals surface area contributed by atoms with E-state index in [1.165, 1.54) is 5.56 Å². The van der Waals surface area contributed by atoms with Crippen molar-refractivity contribution < 1.29 is 9.53 Å². The summed E-state index contributed by atoms with van der Waals surface area (Å²) in [6, 6.07) is 6.12. The number of carbonyl (C=O) groups excluding carboxylic acids is 1. The first-order valence-electron chi connectivity index (χ1n) is 8.30. The number of benzene rings is 1. The third kappa shape index (κ3) is 2.90. The minimum Gasteiger partial charge on any atom is -0.494 e. The maximum atomic E-state index is 12.6. The standard InChI is InChI=1S/C19H25NO2/c1-4-22-18-8-5-12(2)9-16(18)13(3)20-19(21)17-11-14-6-7-15(17)10-14/h5-9,13-15,17H,4,10-11H2,1-3H3,(H,20,21). The molecule has 3 rings (SSSR count). The molecule has 1 aromatic rings. The first kappa shape index (κ1) is 15.1. The molecule has 0 radical (unpaired) electrons. The van der Waals surface area contributed by atoms with Crippen LogP contribution in [0.3, 0.4) is 0 Å². The van der Waals surface area contributed by atoms with Crippen LogP contribution < -0.4 is 10.1 Å². The number of ether oxygens (including phenoxy) is 1. The Bertz CT molecular complexity index is 593. The van der Waals surface area contributed by atoms with E-state index in [4.69, 9.17) is 4.74 Å². The number of fused-ring (bicyclic) bond motifs is 2. The minimum absolute atomic E-state index is 0.0305. The van der Waals surface area contributed by atoms with E-state index in [9.17, 15) is 4.79 Å². The van der Waals surface area contributed by atoms with E-state index >= 15 is 0 Å². The molecule has 2 aliphatic rings. The van der Waals surface area contributed by atoms with Crippen molar-refractivity contribution in [3.63, 3.8) is 0 Å². The van der Waals surface area contributed by atoms with Crippen molar-refractivity contribution in [3.8, 4) is 5.75 Å². The fourth-order valence-corrected chi connectivity index (χ4v) is 3.77. The van der Waals surface area contributed by atoms with Gasteiger partial charge in [0.2, 0.25) is 5.91 Å². The van der Waals surface area contributed by atoms with Crippen molar-refractivity contribution in [1.82, 2.24) is 5.32 Å². The predicted octanol–water partition coefficient (Wildman–Crippen LogP) is 3.78. The topological polar surface area (TPSA) is 38.3 Å². The Balaban J connectivity index is 1.71. The average molecular weight is 299 g/mol. The van der Waals surface area contributed by atoms with Crippen LogP contribution in [0.1, 0.15) is 43.9 Å². The second kappa shape index (κ2) is 6.15. The van der Waals surface area contributed by atoms with Gasteiger partial charge in [-0.25, -0.2) is 0 Å². The van der Waals surface area contributed by atoms with Gasteiger partial charge < -0.3 is 10.1 Å². The Morgan fingerprint density at radius 1 is 1.36 bits per heavy atom. The third-order valence-electron chi connectivity index (χ3n) is 4.91. The molecule has 0 spiro atoms. The summed E-state index contributed by atoms with van der Waals surface area (Å²) in [6.45, 7) is 6.72. The zero-order valence-corrected chi connectivity index (χ0v) is 13.6. The average Bonchev–Trinajstić information content (AvgIpc) is 3.12. The lowest BCUT2D eigenvalue weighted by Crippen LogP contribution is -2.34. The fourth-order valence-electron chi connectivity index (χ4n) is 3.77. The normalized spacial score (nSPS) is 27.0. The van der Waals surface area contributed by atoms with Gasteiger partial charge in [-0.1, -0.05) is 29.8 Å². The summed E-state index contributed by atoms with van der Waals surface area (Å²) < 4.78 is 5.71. The van der Waals surface area contributed by atoms with Gasteiger partial charge in [0.15, 0.2) is 0 Å². The van der Waals surface area contributed by atoms with Gasteiger partial charge in [0.05, 0.1) is 12.6 Å². The van der Waals surface area contributed by atoms with Crippen LogP contribution in [0.25, 0.3) is 0 Å². The molecule has 22 heavy (non-hydrogen) atoms. The van der Waals surface area contributed by atoms with Crippen molar-refractivity contribution in [2.24, 2.45) is 17.8 Å². The molecule has 4 atom stereocenters. The summed E-state index contributed by atoms with van der Waals surface area (Å²) >= 11 is 0. The van der Waals surface area contributed by atoms with Crippen LogP contribution >= 0.6 is 0 Å². The van der Waals surface area contributed by atoms with Crippen LogP contribution in [0.15, 0.2) is 30.4 Å². The second-order valence-corrected chi connectivity index (χ2v) is 6.59. The van der Waals surface area contributed by atoms with E-state index in [1.807, 2.05) is 26.0 Å². The highest BCUT2D eigenvalue weighted by Crippen LogP contribution is 2.43. The first-order valence-corrected chi connectivity index (χ1v) is 8.30. The van der Waals surface area contributed by atoms with E-state index in [1.54, 1.807) is 0 Å². The van der Waals surface area contributed by atoms with Crippen LogP contribution in [0.5, 0.6) is 5.75 Å². The smallest absolute Gasteiger partial charge is 0.224 e. The number of hydrogen-bond donors (Lipinski definition) is 1. The molecule has 0 heterocycles. The molecule has 2 aliphatic carbocycles. The first-order chi connectivity index (χ1) is 10.6. The van der Waals surface area contributed by atoms with Crippen LogP contribution in [-0.4, -0.2) is 12.5 Å². The van der Waals surface area contributed by atoms with Crippen LogP contribution in [0, 0.1) is 24.7 Å². The van der Waals surface area contributed by atoms with Gasteiger partial charge in [-0.2, -0.15) is 0 Å². The van der Waals surface area contributed by atoms with E-state index in [2.05, 4.69) is 30.5 Å². The Hall–Kier alpha value is -1.77. The lowest BCUT2D eigenvalue weighted by molar-refractivity contribution is -0.126. The van der Waals surface area contributed by atoms with Crippen molar-refractivity contribution in [3.05, 3.63) is 41.5 Å². The lowest BCUT2D eigenvalue weighted by atomic mass is 9.92. The molecular weight excluding hydrogens is 274 g/mol. The molecule has 118 valence electrons. The number of allylic oxidation sites excluding steroid dienone is 2. The Labute approximate surface area is 132 Å². The van der Waals surface area contributed by atoms with Crippen LogP contribution in [-0.2, 0) is 4.79 Å². The third-order valence-corrected chi connectivity index (χ3v) is 4.91. The van der Waals surface area contributed by atoms with Crippen molar-refractivity contribution in [2.75, 3.05) is 6.61 Å². The summed E-state index contributed by atoms with van der Waals surface area (Å²) in [7, 11) is 0. The number of aryl methyl sites for hydroxylation is 1. The van der Waals surface area contributed by atoms with Gasteiger partial charge >= 0.3 is 0 Å². The zero-order valence-electron chi connectivity index (χ0n) is 13.6. The molecule has 4 unspecified atom stereocenters.